The molecule has 30 heavy (non-hydrogen) atoms. The molecule has 2 amide bonds. The van der Waals surface area contributed by atoms with Crippen LogP contribution in [0.2, 0.25) is 0 Å². The van der Waals surface area contributed by atoms with Crippen LogP contribution in [0.15, 0.2) is 16.7 Å². The van der Waals surface area contributed by atoms with Crippen molar-refractivity contribution in [2.45, 2.75) is 70.5 Å². The number of rotatable bonds is 8. The van der Waals surface area contributed by atoms with Gasteiger partial charge in [-0.1, -0.05) is 5.16 Å². The largest absolute Gasteiger partial charge is 0.446 e. The summed E-state index contributed by atoms with van der Waals surface area (Å²) in [6.07, 6.45) is 2.20. The summed E-state index contributed by atoms with van der Waals surface area (Å²) in [5.41, 5.74) is 0.797. The second-order valence-electron chi connectivity index (χ2n) is 8.39. The fraction of sp³-hybridized carbons (Fsp3) is 0.600. The van der Waals surface area contributed by atoms with E-state index in [0.717, 1.165) is 24.2 Å². The molecule has 10 nitrogen and oxygen atoms in total. The molecule has 1 aliphatic rings. The van der Waals surface area contributed by atoms with E-state index in [9.17, 15) is 14.7 Å². The summed E-state index contributed by atoms with van der Waals surface area (Å²) in [6.45, 7) is 5.54. The zero-order valence-corrected chi connectivity index (χ0v) is 17.5. The van der Waals surface area contributed by atoms with E-state index in [0.29, 0.717) is 31.0 Å². The minimum atomic E-state index is -0.826. The summed E-state index contributed by atoms with van der Waals surface area (Å²) in [5.74, 6) is 0.881. The summed E-state index contributed by atoms with van der Waals surface area (Å²) in [5, 5.41) is 25.9. The lowest BCUT2D eigenvalue weighted by Gasteiger charge is -2.18. The van der Waals surface area contributed by atoms with Crippen molar-refractivity contribution >= 4 is 17.8 Å². The van der Waals surface area contributed by atoms with Gasteiger partial charge in [0.05, 0.1) is 17.7 Å². The maximum Gasteiger partial charge on any atom is 0.407 e. The number of aryl methyl sites for hydroxylation is 1. The first-order valence-electron chi connectivity index (χ1n) is 10.1. The van der Waals surface area contributed by atoms with E-state index in [2.05, 4.69) is 26.0 Å². The van der Waals surface area contributed by atoms with E-state index in [1.165, 1.54) is 0 Å². The number of nitrogens with zero attached hydrogens (tertiary/aromatic N) is 2. The van der Waals surface area contributed by atoms with Crippen LogP contribution >= 0.6 is 0 Å². The third-order valence-electron chi connectivity index (χ3n) is 4.98. The van der Waals surface area contributed by atoms with Crippen LogP contribution < -0.4 is 10.6 Å². The maximum atomic E-state index is 12.1. The molecule has 0 radical (unpaired) electrons. The first-order chi connectivity index (χ1) is 14.2. The molecule has 10 heteroatoms. The monoisotopic (exact) mass is 419 g/mol. The molecule has 4 N–H and O–H groups in total. The first kappa shape index (κ1) is 21.8. The third kappa shape index (κ3) is 6.58. The predicted octanol–water partition coefficient (Wildman–Crippen LogP) is 2.41. The minimum absolute atomic E-state index is 0.0882. The van der Waals surface area contributed by atoms with Crippen LogP contribution in [-0.4, -0.2) is 50.7 Å². The average molecular weight is 419 g/mol. The quantitative estimate of drug-likeness (QED) is 0.514. The summed E-state index contributed by atoms with van der Waals surface area (Å²) >= 11 is 0. The molecule has 2 atom stereocenters. The molecule has 3 rings (SSSR count). The van der Waals surface area contributed by atoms with Crippen LogP contribution in [0.3, 0.4) is 0 Å². The number of H-pyrrole nitrogens is 1. The summed E-state index contributed by atoms with van der Waals surface area (Å²) in [4.78, 5) is 24.0. The van der Waals surface area contributed by atoms with E-state index in [-0.39, 0.29) is 24.3 Å². The number of hydrogen-bond donors (Lipinski definition) is 4. The molecule has 0 bridgehead atoms. The van der Waals surface area contributed by atoms with Crippen LogP contribution in [0.1, 0.15) is 62.6 Å². The van der Waals surface area contributed by atoms with Gasteiger partial charge in [-0.15, -0.1) is 0 Å². The van der Waals surface area contributed by atoms with Gasteiger partial charge in [0.1, 0.15) is 11.9 Å². The summed E-state index contributed by atoms with van der Waals surface area (Å²) in [6, 6.07) is 3.52. The Labute approximate surface area is 174 Å². The molecule has 2 heterocycles. The highest BCUT2D eigenvalue weighted by Crippen LogP contribution is 2.35. The topological polar surface area (TPSA) is 142 Å². The molecular formula is C20H29N5O5. The zero-order valence-electron chi connectivity index (χ0n) is 17.5. The van der Waals surface area contributed by atoms with Gasteiger partial charge in [-0.3, -0.25) is 9.89 Å². The number of nitrogens with one attached hydrogen (secondary N) is 3. The highest BCUT2D eigenvalue weighted by molar-refractivity contribution is 5.91. The molecule has 2 aromatic heterocycles. The highest BCUT2D eigenvalue weighted by Gasteiger charge is 2.30. The lowest BCUT2D eigenvalue weighted by Crippen LogP contribution is -2.32. The van der Waals surface area contributed by atoms with Gasteiger partial charge >= 0.3 is 6.09 Å². The van der Waals surface area contributed by atoms with Crippen molar-refractivity contribution in [1.29, 1.82) is 0 Å². The van der Waals surface area contributed by atoms with Gasteiger partial charge in [0.2, 0.25) is 5.91 Å². The maximum absolute atomic E-state index is 12.1. The summed E-state index contributed by atoms with van der Waals surface area (Å²) in [7, 11) is 0. The van der Waals surface area contributed by atoms with Gasteiger partial charge in [-0.2, -0.15) is 5.10 Å². The van der Waals surface area contributed by atoms with E-state index in [4.69, 9.17) is 9.26 Å². The molecule has 1 fully saturated rings. The standard InChI is InChI=1S/C20H29N5O5/c1-12-8-15(30-25-12)10-18(26)22-17-11-16(23-24-17)13-4-5-14(9-13)29-19(27)21-7-6-20(2,3)28/h8,11,13-14,28H,4-7,9-10H2,1-3H3,(H,21,27)(H2,22,23,24,26)/t13-,14?/m0/s1. The van der Waals surface area contributed by atoms with E-state index >= 15 is 0 Å². The number of hydrogen-bond acceptors (Lipinski definition) is 7. The number of amides is 2. The van der Waals surface area contributed by atoms with E-state index in [1.807, 2.05) is 0 Å². The van der Waals surface area contributed by atoms with E-state index in [1.54, 1.807) is 32.9 Å². The Morgan fingerprint density at radius 2 is 2.17 bits per heavy atom. The Kier molecular flexibility index (Phi) is 6.76. The van der Waals surface area contributed by atoms with Crippen molar-refractivity contribution in [1.82, 2.24) is 20.7 Å². The number of aromatic nitrogens is 3. The fourth-order valence-corrected chi connectivity index (χ4v) is 3.45. The van der Waals surface area contributed by atoms with Crippen LogP contribution in [-0.2, 0) is 16.0 Å². The lowest BCUT2D eigenvalue weighted by atomic mass is 10.0. The number of carbonyl (C=O) groups is 2. The van der Waals surface area contributed by atoms with Crippen LogP contribution in [0.4, 0.5) is 10.6 Å². The average Bonchev–Trinajstić information content (AvgIpc) is 3.35. The number of aliphatic hydroxyl groups is 1. The van der Waals surface area contributed by atoms with Crippen molar-refractivity contribution in [2.75, 3.05) is 11.9 Å². The lowest BCUT2D eigenvalue weighted by molar-refractivity contribution is -0.115. The van der Waals surface area contributed by atoms with Gasteiger partial charge in [0, 0.05) is 30.3 Å². The fourth-order valence-electron chi connectivity index (χ4n) is 3.45. The van der Waals surface area contributed by atoms with Crippen molar-refractivity contribution in [3.63, 3.8) is 0 Å². The van der Waals surface area contributed by atoms with Gasteiger partial charge in [0.25, 0.3) is 0 Å². The zero-order chi connectivity index (χ0) is 21.7. The molecule has 1 aliphatic carbocycles. The van der Waals surface area contributed by atoms with Crippen molar-refractivity contribution in [2.24, 2.45) is 0 Å². The number of carbonyl (C=O) groups excluding carboxylic acids is 2. The molecule has 2 aromatic rings. The van der Waals surface area contributed by atoms with Crippen LogP contribution in [0.25, 0.3) is 0 Å². The second kappa shape index (κ2) is 9.29. The molecule has 1 unspecified atom stereocenters. The van der Waals surface area contributed by atoms with Gasteiger partial charge < -0.3 is 25.0 Å². The molecule has 0 saturated heterocycles. The second-order valence-corrected chi connectivity index (χ2v) is 8.39. The van der Waals surface area contributed by atoms with Gasteiger partial charge in [-0.05, 0) is 46.5 Å². The predicted molar refractivity (Wildman–Crippen MR) is 108 cm³/mol. The smallest absolute Gasteiger partial charge is 0.407 e. The minimum Gasteiger partial charge on any atom is -0.446 e. The van der Waals surface area contributed by atoms with E-state index < -0.39 is 11.7 Å². The van der Waals surface area contributed by atoms with Crippen molar-refractivity contribution in [3.05, 3.63) is 29.3 Å². The van der Waals surface area contributed by atoms with Crippen molar-refractivity contribution < 1.29 is 24.0 Å². The van der Waals surface area contributed by atoms with Gasteiger partial charge in [0.15, 0.2) is 5.82 Å². The van der Waals surface area contributed by atoms with Crippen molar-refractivity contribution in [3.8, 4) is 0 Å². The number of alkyl carbamates (subject to hydrolysis) is 1. The number of ether oxygens (including phenoxy) is 1. The molecular weight excluding hydrogens is 390 g/mol. The molecule has 164 valence electrons. The normalized spacial score (nSPS) is 18.9. The molecule has 0 spiro atoms. The van der Waals surface area contributed by atoms with Crippen LogP contribution in [0, 0.1) is 6.92 Å². The highest BCUT2D eigenvalue weighted by atomic mass is 16.6. The van der Waals surface area contributed by atoms with Gasteiger partial charge in [-0.25, -0.2) is 4.79 Å². The first-order valence-corrected chi connectivity index (χ1v) is 10.1. The van der Waals surface area contributed by atoms with Crippen LogP contribution in [0.5, 0.6) is 0 Å². The Balaban J connectivity index is 1.42. The SMILES string of the molecule is Cc1cc(CC(=O)Nc2cc([C@H]3CCC(OC(=O)NCCC(C)(C)O)C3)[nH]n2)on1. The Hall–Kier alpha value is -2.88. The Bertz CT molecular complexity index is 869. The molecule has 0 aromatic carbocycles. The Morgan fingerprint density at radius 1 is 1.37 bits per heavy atom. The third-order valence-corrected chi connectivity index (χ3v) is 4.98. The Morgan fingerprint density at radius 3 is 2.87 bits per heavy atom. The number of anilines is 1. The molecule has 0 aliphatic heterocycles. The molecule has 1 saturated carbocycles. The number of aromatic amines is 1. The summed E-state index contributed by atoms with van der Waals surface area (Å²) < 4.78 is 10.5.